The summed E-state index contributed by atoms with van der Waals surface area (Å²) in [4.78, 5) is 26.7. The summed E-state index contributed by atoms with van der Waals surface area (Å²) in [6.07, 6.45) is 0. The van der Waals surface area contributed by atoms with Gasteiger partial charge in [0, 0.05) is 18.0 Å². The molecule has 18 heavy (non-hydrogen) atoms. The van der Waals surface area contributed by atoms with Crippen LogP contribution in [0, 0.1) is 6.92 Å². The zero-order valence-corrected chi connectivity index (χ0v) is 10.2. The molecule has 5 heteroatoms. The van der Waals surface area contributed by atoms with Crippen molar-refractivity contribution in [1.82, 2.24) is 9.88 Å². The molecule has 2 aromatic rings. The van der Waals surface area contributed by atoms with E-state index in [0.717, 1.165) is 16.5 Å². The first-order chi connectivity index (χ1) is 8.47. The van der Waals surface area contributed by atoms with Gasteiger partial charge in [-0.3, -0.25) is 9.59 Å². The van der Waals surface area contributed by atoms with Gasteiger partial charge in [0.05, 0.1) is 0 Å². The smallest absolute Gasteiger partial charge is 0.323 e. The molecule has 0 bridgehead atoms. The van der Waals surface area contributed by atoms with E-state index in [9.17, 15) is 9.59 Å². The number of hydrogen-bond donors (Lipinski definition) is 2. The summed E-state index contributed by atoms with van der Waals surface area (Å²) in [7, 11) is 1.47. The van der Waals surface area contributed by atoms with Gasteiger partial charge in [0.1, 0.15) is 12.2 Å². The van der Waals surface area contributed by atoms with Gasteiger partial charge in [-0.25, -0.2) is 0 Å². The third-order valence-electron chi connectivity index (χ3n) is 2.73. The Morgan fingerprint density at radius 3 is 2.72 bits per heavy atom. The highest BCUT2D eigenvalue weighted by Crippen LogP contribution is 2.17. The number of carboxylic acids is 1. The van der Waals surface area contributed by atoms with E-state index in [1.807, 2.05) is 25.1 Å². The van der Waals surface area contributed by atoms with Crippen LogP contribution in [0.4, 0.5) is 0 Å². The highest BCUT2D eigenvalue weighted by molar-refractivity contribution is 5.99. The summed E-state index contributed by atoms with van der Waals surface area (Å²) in [5.74, 6) is -1.36. The fourth-order valence-corrected chi connectivity index (χ4v) is 1.84. The van der Waals surface area contributed by atoms with Crippen molar-refractivity contribution < 1.29 is 14.7 Å². The minimum Gasteiger partial charge on any atom is -0.480 e. The number of carbonyl (C=O) groups excluding carboxylic acids is 1. The quantitative estimate of drug-likeness (QED) is 0.864. The van der Waals surface area contributed by atoms with Crippen molar-refractivity contribution in [3.8, 4) is 0 Å². The Hall–Kier alpha value is -2.30. The number of rotatable bonds is 3. The minimum absolute atomic E-state index is 0.312. The SMILES string of the molecule is Cc1ccc2cc(C(=O)N(C)CC(=O)O)[nH]c2c1. The average Bonchev–Trinajstić information content (AvgIpc) is 2.69. The summed E-state index contributed by atoms with van der Waals surface area (Å²) < 4.78 is 0. The summed E-state index contributed by atoms with van der Waals surface area (Å²) in [5, 5.41) is 9.59. The Labute approximate surface area is 104 Å². The number of H-pyrrole nitrogens is 1. The molecule has 0 unspecified atom stereocenters. The zero-order valence-electron chi connectivity index (χ0n) is 10.2. The molecular formula is C13H14N2O3. The fourth-order valence-electron chi connectivity index (χ4n) is 1.84. The third-order valence-corrected chi connectivity index (χ3v) is 2.73. The molecule has 0 aliphatic carbocycles. The van der Waals surface area contributed by atoms with E-state index in [4.69, 9.17) is 5.11 Å². The monoisotopic (exact) mass is 246 g/mol. The lowest BCUT2D eigenvalue weighted by atomic mass is 10.2. The number of aromatic nitrogens is 1. The molecule has 0 aliphatic rings. The van der Waals surface area contributed by atoms with Crippen molar-refractivity contribution in [2.24, 2.45) is 0 Å². The van der Waals surface area contributed by atoms with Gasteiger partial charge in [0.2, 0.25) is 0 Å². The molecule has 1 aromatic carbocycles. The van der Waals surface area contributed by atoms with Crippen LogP contribution in [0.2, 0.25) is 0 Å². The number of benzene rings is 1. The Kier molecular flexibility index (Phi) is 3.06. The van der Waals surface area contributed by atoms with Crippen LogP contribution in [0.1, 0.15) is 16.1 Å². The summed E-state index contributed by atoms with van der Waals surface area (Å²) >= 11 is 0. The van der Waals surface area contributed by atoms with Crippen LogP contribution in [0.3, 0.4) is 0 Å². The zero-order chi connectivity index (χ0) is 13.3. The lowest BCUT2D eigenvalue weighted by Crippen LogP contribution is -2.32. The van der Waals surface area contributed by atoms with E-state index >= 15 is 0 Å². The average molecular weight is 246 g/mol. The predicted octanol–water partition coefficient (Wildman–Crippen LogP) is 1.63. The molecule has 0 aliphatic heterocycles. The second-order valence-electron chi connectivity index (χ2n) is 4.33. The lowest BCUT2D eigenvalue weighted by molar-refractivity contribution is -0.137. The number of carbonyl (C=O) groups is 2. The van der Waals surface area contributed by atoms with Gasteiger partial charge in [-0.05, 0) is 24.6 Å². The van der Waals surface area contributed by atoms with Crippen LogP contribution in [0.15, 0.2) is 24.3 Å². The molecule has 1 amide bonds. The number of amides is 1. The molecule has 0 fully saturated rings. The molecular weight excluding hydrogens is 232 g/mol. The Bertz CT molecular complexity index is 616. The lowest BCUT2D eigenvalue weighted by Gasteiger charge is -2.12. The number of nitrogens with one attached hydrogen (secondary N) is 1. The molecule has 94 valence electrons. The number of carboxylic acid groups (broad SMARTS) is 1. The standard InChI is InChI=1S/C13H14N2O3/c1-8-3-4-9-6-11(14-10(9)5-8)13(18)15(2)7-12(16)17/h3-6,14H,7H2,1-2H3,(H,16,17). The van der Waals surface area contributed by atoms with Gasteiger partial charge in [0.25, 0.3) is 5.91 Å². The van der Waals surface area contributed by atoms with Crippen molar-refractivity contribution in [3.63, 3.8) is 0 Å². The highest BCUT2D eigenvalue weighted by Gasteiger charge is 2.16. The van der Waals surface area contributed by atoms with Crippen LogP contribution in [0.5, 0.6) is 0 Å². The topological polar surface area (TPSA) is 73.4 Å². The van der Waals surface area contributed by atoms with E-state index in [1.165, 1.54) is 11.9 Å². The summed E-state index contributed by atoms with van der Waals surface area (Å²) in [6, 6.07) is 7.57. The molecule has 1 heterocycles. The molecule has 0 atom stereocenters. The van der Waals surface area contributed by atoms with Crippen molar-refractivity contribution in [1.29, 1.82) is 0 Å². The summed E-state index contributed by atoms with van der Waals surface area (Å²) in [5.41, 5.74) is 2.38. The second kappa shape index (κ2) is 4.52. The number of nitrogens with zero attached hydrogens (tertiary/aromatic N) is 1. The van der Waals surface area contributed by atoms with Crippen molar-refractivity contribution in [2.45, 2.75) is 6.92 Å². The first-order valence-electron chi connectivity index (χ1n) is 5.54. The maximum atomic E-state index is 12.0. The molecule has 0 saturated heterocycles. The summed E-state index contributed by atoms with van der Waals surface area (Å²) in [6.45, 7) is 1.66. The minimum atomic E-state index is -1.03. The number of hydrogen-bond acceptors (Lipinski definition) is 2. The van der Waals surface area contributed by atoms with Crippen LogP contribution in [0.25, 0.3) is 10.9 Å². The maximum absolute atomic E-state index is 12.0. The number of fused-ring (bicyclic) bond motifs is 1. The molecule has 0 spiro atoms. The first kappa shape index (κ1) is 12.2. The molecule has 0 saturated carbocycles. The number of aliphatic carboxylic acids is 1. The van der Waals surface area contributed by atoms with Crippen LogP contribution >= 0.6 is 0 Å². The molecule has 2 N–H and O–H groups in total. The van der Waals surface area contributed by atoms with Gasteiger partial charge in [-0.1, -0.05) is 12.1 Å². The van der Waals surface area contributed by atoms with Crippen LogP contribution < -0.4 is 0 Å². The molecule has 2 rings (SSSR count). The van der Waals surface area contributed by atoms with E-state index in [0.29, 0.717) is 5.69 Å². The molecule has 5 nitrogen and oxygen atoms in total. The van der Waals surface area contributed by atoms with E-state index < -0.39 is 5.97 Å². The molecule has 1 aromatic heterocycles. The Morgan fingerprint density at radius 2 is 2.06 bits per heavy atom. The number of likely N-dealkylation sites (N-methyl/N-ethyl adjacent to an activating group) is 1. The third kappa shape index (κ3) is 2.34. The van der Waals surface area contributed by atoms with Gasteiger partial charge in [-0.15, -0.1) is 0 Å². The largest absolute Gasteiger partial charge is 0.480 e. The van der Waals surface area contributed by atoms with Gasteiger partial charge >= 0.3 is 5.97 Å². The van der Waals surface area contributed by atoms with Gasteiger partial charge < -0.3 is 15.0 Å². The first-order valence-corrected chi connectivity index (χ1v) is 5.54. The fraction of sp³-hybridized carbons (Fsp3) is 0.231. The van der Waals surface area contributed by atoms with Gasteiger partial charge in [-0.2, -0.15) is 0 Å². The molecule has 0 radical (unpaired) electrons. The van der Waals surface area contributed by atoms with E-state index in [1.54, 1.807) is 6.07 Å². The van der Waals surface area contributed by atoms with Crippen molar-refractivity contribution in [2.75, 3.05) is 13.6 Å². The van der Waals surface area contributed by atoms with E-state index in [2.05, 4.69) is 4.98 Å². The highest BCUT2D eigenvalue weighted by atomic mass is 16.4. The number of aromatic amines is 1. The van der Waals surface area contributed by atoms with Crippen LogP contribution in [-0.2, 0) is 4.79 Å². The predicted molar refractivity (Wildman–Crippen MR) is 67.6 cm³/mol. The second-order valence-corrected chi connectivity index (χ2v) is 4.33. The Morgan fingerprint density at radius 1 is 1.33 bits per heavy atom. The van der Waals surface area contributed by atoms with Gasteiger partial charge in [0.15, 0.2) is 0 Å². The normalized spacial score (nSPS) is 10.6. The number of aryl methyl sites for hydroxylation is 1. The van der Waals surface area contributed by atoms with E-state index in [-0.39, 0.29) is 12.5 Å². The van der Waals surface area contributed by atoms with Crippen LogP contribution in [-0.4, -0.2) is 40.5 Å². The van der Waals surface area contributed by atoms with Crippen molar-refractivity contribution >= 4 is 22.8 Å². The van der Waals surface area contributed by atoms with Crippen molar-refractivity contribution in [3.05, 3.63) is 35.5 Å². The maximum Gasteiger partial charge on any atom is 0.323 e. The Balaban J connectivity index is 2.30.